The molecule has 1 aromatic heterocycles. The van der Waals surface area contributed by atoms with Crippen LogP contribution in [0.5, 0.6) is 0 Å². The first-order chi connectivity index (χ1) is 8.10. The Hall–Kier alpha value is -1.37. The summed E-state index contributed by atoms with van der Waals surface area (Å²) in [5, 5.41) is 13.3. The SMILES string of the molecule is O=C(O)Cn1cc(N2CC(CBr)CC2=O)cn1. The maximum Gasteiger partial charge on any atom is 0.325 e. The smallest absolute Gasteiger partial charge is 0.325 e. The number of halogens is 1. The maximum atomic E-state index is 11.7. The lowest BCUT2D eigenvalue weighted by Gasteiger charge is -2.13. The molecule has 1 aliphatic heterocycles. The van der Waals surface area contributed by atoms with Crippen LogP contribution >= 0.6 is 15.9 Å². The highest BCUT2D eigenvalue weighted by Crippen LogP contribution is 2.25. The third-order valence-electron chi connectivity index (χ3n) is 2.65. The van der Waals surface area contributed by atoms with E-state index < -0.39 is 5.97 Å². The van der Waals surface area contributed by atoms with Crippen LogP contribution in [0.4, 0.5) is 5.69 Å². The molecule has 7 heteroatoms. The molecule has 0 aromatic carbocycles. The number of hydrogen-bond acceptors (Lipinski definition) is 3. The van der Waals surface area contributed by atoms with Crippen LogP contribution < -0.4 is 4.90 Å². The highest BCUT2D eigenvalue weighted by atomic mass is 79.9. The van der Waals surface area contributed by atoms with Gasteiger partial charge in [-0.1, -0.05) is 15.9 Å². The van der Waals surface area contributed by atoms with Crippen LogP contribution in [0, 0.1) is 5.92 Å². The standard InChI is InChI=1S/C10H12BrN3O3/c11-2-7-1-9(15)14(4-7)8-3-12-13(5-8)6-10(16)17/h3,5,7H,1-2,4,6H2,(H,16,17). The molecule has 0 aliphatic carbocycles. The highest BCUT2D eigenvalue weighted by molar-refractivity contribution is 9.09. The Morgan fingerprint density at radius 3 is 3.00 bits per heavy atom. The van der Waals surface area contributed by atoms with E-state index in [2.05, 4.69) is 21.0 Å². The van der Waals surface area contributed by atoms with Crippen molar-refractivity contribution in [3.05, 3.63) is 12.4 Å². The summed E-state index contributed by atoms with van der Waals surface area (Å²) < 4.78 is 1.31. The summed E-state index contributed by atoms with van der Waals surface area (Å²) in [6.07, 6.45) is 3.63. The molecule has 1 aromatic rings. The Kier molecular flexibility index (Phi) is 3.46. The molecule has 0 radical (unpaired) electrons. The van der Waals surface area contributed by atoms with Gasteiger partial charge in [0.05, 0.1) is 11.9 Å². The molecule has 2 heterocycles. The average Bonchev–Trinajstić information content (AvgIpc) is 2.83. The molecule has 1 fully saturated rings. The molecule has 1 unspecified atom stereocenters. The normalized spacial score (nSPS) is 19.9. The monoisotopic (exact) mass is 301 g/mol. The number of nitrogens with zero attached hydrogens (tertiary/aromatic N) is 3. The fourth-order valence-corrected chi connectivity index (χ4v) is 2.29. The van der Waals surface area contributed by atoms with Crippen molar-refractivity contribution in [1.29, 1.82) is 0 Å². The lowest BCUT2D eigenvalue weighted by atomic mass is 10.2. The lowest BCUT2D eigenvalue weighted by Crippen LogP contribution is -2.24. The van der Waals surface area contributed by atoms with Crippen LogP contribution in [0.2, 0.25) is 0 Å². The summed E-state index contributed by atoms with van der Waals surface area (Å²) in [4.78, 5) is 23.9. The molecule has 92 valence electrons. The number of alkyl halides is 1. The summed E-state index contributed by atoms with van der Waals surface area (Å²) in [7, 11) is 0. The first-order valence-electron chi connectivity index (χ1n) is 5.20. The number of anilines is 1. The van der Waals surface area contributed by atoms with Crippen molar-refractivity contribution < 1.29 is 14.7 Å². The average molecular weight is 302 g/mol. The third-order valence-corrected chi connectivity index (χ3v) is 3.57. The minimum absolute atomic E-state index is 0.0596. The Labute approximate surface area is 106 Å². The molecule has 17 heavy (non-hydrogen) atoms. The molecular weight excluding hydrogens is 290 g/mol. The van der Waals surface area contributed by atoms with Gasteiger partial charge >= 0.3 is 5.97 Å². The van der Waals surface area contributed by atoms with Gasteiger partial charge in [0.25, 0.3) is 0 Å². The van der Waals surface area contributed by atoms with Crippen molar-refractivity contribution >= 4 is 33.5 Å². The summed E-state index contributed by atoms with van der Waals surface area (Å²) in [5.74, 6) is -0.583. The van der Waals surface area contributed by atoms with E-state index in [9.17, 15) is 9.59 Å². The second-order valence-electron chi connectivity index (χ2n) is 4.02. The number of aromatic nitrogens is 2. The molecule has 1 amide bonds. The van der Waals surface area contributed by atoms with E-state index in [-0.39, 0.29) is 12.5 Å². The molecule has 0 saturated carbocycles. The quantitative estimate of drug-likeness (QED) is 0.831. The van der Waals surface area contributed by atoms with Crippen LogP contribution in [0.1, 0.15) is 6.42 Å². The topological polar surface area (TPSA) is 75.4 Å². The van der Waals surface area contributed by atoms with Crippen LogP contribution in [0.3, 0.4) is 0 Å². The molecular formula is C10H12BrN3O3. The van der Waals surface area contributed by atoms with Gasteiger partial charge in [0, 0.05) is 24.5 Å². The second-order valence-corrected chi connectivity index (χ2v) is 4.67. The number of carbonyl (C=O) groups is 2. The Morgan fingerprint density at radius 2 is 2.41 bits per heavy atom. The molecule has 0 bridgehead atoms. The largest absolute Gasteiger partial charge is 0.480 e. The maximum absolute atomic E-state index is 11.7. The number of aliphatic carboxylic acids is 1. The van der Waals surface area contributed by atoms with Crippen molar-refractivity contribution in [2.45, 2.75) is 13.0 Å². The predicted octanol–water partition coefficient (Wildman–Crippen LogP) is 0.716. The zero-order chi connectivity index (χ0) is 12.4. The predicted molar refractivity (Wildman–Crippen MR) is 64.1 cm³/mol. The molecule has 2 rings (SSSR count). The number of amides is 1. The Morgan fingerprint density at radius 1 is 1.65 bits per heavy atom. The van der Waals surface area contributed by atoms with E-state index in [1.54, 1.807) is 11.1 Å². The second kappa shape index (κ2) is 4.87. The van der Waals surface area contributed by atoms with E-state index in [4.69, 9.17) is 5.11 Å². The van der Waals surface area contributed by atoms with Crippen molar-refractivity contribution in [1.82, 2.24) is 9.78 Å². The number of hydrogen-bond donors (Lipinski definition) is 1. The van der Waals surface area contributed by atoms with Gasteiger partial charge in [0.1, 0.15) is 6.54 Å². The summed E-state index contributed by atoms with van der Waals surface area (Å²) in [6.45, 7) is 0.465. The van der Waals surface area contributed by atoms with Gasteiger partial charge in [-0.15, -0.1) is 0 Å². The van der Waals surface area contributed by atoms with Gasteiger partial charge in [-0.05, 0) is 5.92 Å². The van der Waals surface area contributed by atoms with E-state index in [0.717, 1.165) is 5.33 Å². The van der Waals surface area contributed by atoms with Gasteiger partial charge in [0.2, 0.25) is 5.91 Å². The van der Waals surface area contributed by atoms with Crippen molar-refractivity contribution in [2.75, 3.05) is 16.8 Å². The van der Waals surface area contributed by atoms with Crippen LogP contribution in [-0.2, 0) is 16.1 Å². The van der Waals surface area contributed by atoms with E-state index in [1.807, 2.05) is 0 Å². The van der Waals surface area contributed by atoms with Gasteiger partial charge in [0.15, 0.2) is 0 Å². The Bertz CT molecular complexity index is 446. The summed E-state index contributed by atoms with van der Waals surface area (Å²) in [5.41, 5.74) is 0.666. The molecule has 6 nitrogen and oxygen atoms in total. The first kappa shape index (κ1) is 12.1. The van der Waals surface area contributed by atoms with Gasteiger partial charge in [-0.25, -0.2) is 0 Å². The fourth-order valence-electron chi connectivity index (χ4n) is 1.85. The van der Waals surface area contributed by atoms with Crippen LogP contribution in [0.25, 0.3) is 0 Å². The van der Waals surface area contributed by atoms with E-state index in [0.29, 0.717) is 24.6 Å². The molecule has 1 saturated heterocycles. The van der Waals surface area contributed by atoms with Crippen molar-refractivity contribution in [3.63, 3.8) is 0 Å². The number of carboxylic acid groups (broad SMARTS) is 1. The van der Waals surface area contributed by atoms with Gasteiger partial charge in [-0.3, -0.25) is 14.3 Å². The van der Waals surface area contributed by atoms with Crippen LogP contribution in [0.15, 0.2) is 12.4 Å². The zero-order valence-corrected chi connectivity index (χ0v) is 10.6. The molecule has 1 aliphatic rings. The third kappa shape index (κ3) is 2.66. The number of carbonyl (C=O) groups excluding carboxylic acids is 1. The van der Waals surface area contributed by atoms with Crippen molar-refractivity contribution in [3.8, 4) is 0 Å². The summed E-state index contributed by atoms with van der Waals surface area (Å²) in [6, 6.07) is 0. The molecule has 0 spiro atoms. The highest BCUT2D eigenvalue weighted by Gasteiger charge is 2.30. The van der Waals surface area contributed by atoms with Gasteiger partial charge < -0.3 is 10.0 Å². The lowest BCUT2D eigenvalue weighted by molar-refractivity contribution is -0.137. The van der Waals surface area contributed by atoms with Crippen LogP contribution in [-0.4, -0.2) is 38.6 Å². The molecule has 1 N–H and O–H groups in total. The fraction of sp³-hybridized carbons (Fsp3) is 0.500. The Balaban J connectivity index is 2.10. The summed E-state index contributed by atoms with van der Waals surface area (Å²) >= 11 is 3.36. The minimum atomic E-state index is -0.953. The van der Waals surface area contributed by atoms with Gasteiger partial charge in [-0.2, -0.15) is 5.10 Å². The van der Waals surface area contributed by atoms with E-state index in [1.165, 1.54) is 10.9 Å². The van der Waals surface area contributed by atoms with Crippen molar-refractivity contribution in [2.24, 2.45) is 5.92 Å². The first-order valence-corrected chi connectivity index (χ1v) is 6.33. The zero-order valence-electron chi connectivity index (χ0n) is 9.04. The van der Waals surface area contributed by atoms with E-state index >= 15 is 0 Å². The number of carboxylic acids is 1. The number of rotatable bonds is 4. The minimum Gasteiger partial charge on any atom is -0.480 e. The molecule has 1 atom stereocenters.